The van der Waals surface area contributed by atoms with Gasteiger partial charge in [-0.25, -0.2) is 0 Å². The van der Waals surface area contributed by atoms with E-state index in [9.17, 15) is 9.59 Å². The summed E-state index contributed by atoms with van der Waals surface area (Å²) in [5.74, 6) is -0.126. The Balaban J connectivity index is 3.32. The van der Waals surface area contributed by atoms with Crippen LogP contribution in [0.3, 0.4) is 0 Å². The summed E-state index contributed by atoms with van der Waals surface area (Å²) in [5, 5.41) is 0. The van der Waals surface area contributed by atoms with Crippen LogP contribution in [0.1, 0.15) is 51.9 Å². The molecule has 0 atom stereocenters. The second kappa shape index (κ2) is 8.73. The van der Waals surface area contributed by atoms with E-state index in [0.29, 0.717) is 12.8 Å². The van der Waals surface area contributed by atoms with Crippen LogP contribution in [0.5, 0.6) is 0 Å². The predicted molar refractivity (Wildman–Crippen MR) is 55.0 cm³/mol. The Morgan fingerprint density at radius 2 is 1.71 bits per heavy atom. The molecule has 0 unspecified atom stereocenters. The lowest BCUT2D eigenvalue weighted by atomic mass is 10.1. The maximum Gasteiger partial charge on any atom is 0.305 e. The van der Waals surface area contributed by atoms with Crippen molar-refractivity contribution in [2.24, 2.45) is 0 Å². The van der Waals surface area contributed by atoms with Crippen LogP contribution in [-0.2, 0) is 14.3 Å². The standard InChI is InChI=1S/C11H20O3/c1-3-4-5-6-7-10(12)8-9-11(13)14-2/h3-9H2,1-2H3. The maximum absolute atomic E-state index is 11.2. The van der Waals surface area contributed by atoms with E-state index in [1.807, 2.05) is 0 Å². The Bertz CT molecular complexity index is 175. The third kappa shape index (κ3) is 7.77. The van der Waals surface area contributed by atoms with Crippen molar-refractivity contribution >= 4 is 11.8 Å². The molecule has 0 bridgehead atoms. The molecule has 0 N–H and O–H groups in total. The lowest BCUT2D eigenvalue weighted by Crippen LogP contribution is -2.05. The van der Waals surface area contributed by atoms with Crippen LogP contribution in [-0.4, -0.2) is 18.9 Å². The largest absolute Gasteiger partial charge is 0.469 e. The van der Waals surface area contributed by atoms with E-state index in [2.05, 4.69) is 11.7 Å². The molecule has 0 heterocycles. The van der Waals surface area contributed by atoms with Crippen molar-refractivity contribution in [1.82, 2.24) is 0 Å². The Morgan fingerprint density at radius 1 is 1.00 bits per heavy atom. The summed E-state index contributed by atoms with van der Waals surface area (Å²) >= 11 is 0. The van der Waals surface area contributed by atoms with E-state index < -0.39 is 0 Å². The van der Waals surface area contributed by atoms with Crippen LogP contribution < -0.4 is 0 Å². The minimum absolute atomic E-state index is 0.173. The first-order valence-electron chi connectivity index (χ1n) is 5.29. The van der Waals surface area contributed by atoms with Crippen molar-refractivity contribution in [2.75, 3.05) is 7.11 Å². The van der Waals surface area contributed by atoms with Crippen LogP contribution in [0.25, 0.3) is 0 Å². The van der Waals surface area contributed by atoms with E-state index in [0.717, 1.165) is 12.8 Å². The number of Topliss-reactive ketones (excluding diaryl/α,β-unsaturated/α-hetero) is 1. The molecular weight excluding hydrogens is 180 g/mol. The van der Waals surface area contributed by atoms with E-state index in [1.165, 1.54) is 20.0 Å². The number of unbranched alkanes of at least 4 members (excludes halogenated alkanes) is 3. The third-order valence-corrected chi connectivity index (χ3v) is 2.14. The lowest BCUT2D eigenvalue weighted by molar-refractivity contribution is -0.141. The van der Waals surface area contributed by atoms with Gasteiger partial charge in [-0.3, -0.25) is 9.59 Å². The van der Waals surface area contributed by atoms with Crippen molar-refractivity contribution < 1.29 is 14.3 Å². The molecule has 0 spiro atoms. The van der Waals surface area contributed by atoms with E-state index in [4.69, 9.17) is 0 Å². The zero-order valence-corrected chi connectivity index (χ0v) is 9.17. The van der Waals surface area contributed by atoms with Crippen molar-refractivity contribution in [3.63, 3.8) is 0 Å². The van der Waals surface area contributed by atoms with Gasteiger partial charge in [0.2, 0.25) is 0 Å². The molecule has 0 amide bonds. The van der Waals surface area contributed by atoms with E-state index in [1.54, 1.807) is 0 Å². The lowest BCUT2D eigenvalue weighted by Gasteiger charge is -2.00. The van der Waals surface area contributed by atoms with Gasteiger partial charge in [0.05, 0.1) is 13.5 Å². The zero-order valence-electron chi connectivity index (χ0n) is 9.17. The topological polar surface area (TPSA) is 43.4 Å². The van der Waals surface area contributed by atoms with Gasteiger partial charge < -0.3 is 4.74 Å². The van der Waals surface area contributed by atoms with Crippen molar-refractivity contribution in [1.29, 1.82) is 0 Å². The highest BCUT2D eigenvalue weighted by atomic mass is 16.5. The monoisotopic (exact) mass is 200 g/mol. The number of ketones is 1. The Labute approximate surface area is 85.8 Å². The SMILES string of the molecule is CCCCCCC(=O)CCC(=O)OC. The van der Waals surface area contributed by atoms with Crippen LogP contribution in [0.2, 0.25) is 0 Å². The summed E-state index contributed by atoms with van der Waals surface area (Å²) < 4.78 is 4.45. The minimum Gasteiger partial charge on any atom is -0.469 e. The van der Waals surface area contributed by atoms with Crippen LogP contribution >= 0.6 is 0 Å². The molecule has 0 aliphatic rings. The molecule has 14 heavy (non-hydrogen) atoms. The van der Waals surface area contributed by atoms with Crippen LogP contribution in [0, 0.1) is 0 Å². The molecule has 0 aromatic rings. The van der Waals surface area contributed by atoms with Gasteiger partial charge in [0, 0.05) is 12.8 Å². The van der Waals surface area contributed by atoms with Gasteiger partial charge in [-0.1, -0.05) is 26.2 Å². The normalized spacial score (nSPS) is 9.86. The van der Waals surface area contributed by atoms with Gasteiger partial charge in [0.1, 0.15) is 5.78 Å². The molecule has 0 aromatic carbocycles. The maximum atomic E-state index is 11.2. The number of ether oxygens (including phenoxy) is 1. The minimum atomic E-state index is -0.299. The fourth-order valence-electron chi connectivity index (χ4n) is 1.22. The fraction of sp³-hybridized carbons (Fsp3) is 0.818. The smallest absolute Gasteiger partial charge is 0.305 e. The zero-order chi connectivity index (χ0) is 10.8. The van der Waals surface area contributed by atoms with E-state index >= 15 is 0 Å². The van der Waals surface area contributed by atoms with Gasteiger partial charge in [-0.2, -0.15) is 0 Å². The number of hydrogen-bond donors (Lipinski definition) is 0. The molecule has 82 valence electrons. The van der Waals surface area contributed by atoms with Gasteiger partial charge in [-0.15, -0.1) is 0 Å². The third-order valence-electron chi connectivity index (χ3n) is 2.14. The molecule has 0 aromatic heterocycles. The number of carbonyl (C=O) groups is 2. The Hall–Kier alpha value is -0.860. The van der Waals surface area contributed by atoms with Gasteiger partial charge >= 0.3 is 5.97 Å². The first-order chi connectivity index (χ1) is 6.70. The average Bonchev–Trinajstić information content (AvgIpc) is 2.21. The molecule has 3 heteroatoms. The molecular formula is C11H20O3. The first-order valence-corrected chi connectivity index (χ1v) is 5.29. The summed E-state index contributed by atoms with van der Waals surface area (Å²) in [5.41, 5.74) is 0. The van der Waals surface area contributed by atoms with Gasteiger partial charge in [0.25, 0.3) is 0 Å². The highest BCUT2D eigenvalue weighted by Gasteiger charge is 2.06. The van der Waals surface area contributed by atoms with Crippen LogP contribution in [0.15, 0.2) is 0 Å². The molecule has 0 saturated carbocycles. The Kier molecular flexibility index (Phi) is 8.19. The van der Waals surface area contributed by atoms with Gasteiger partial charge in [0.15, 0.2) is 0 Å². The number of carbonyl (C=O) groups excluding carboxylic acids is 2. The molecule has 0 saturated heterocycles. The van der Waals surface area contributed by atoms with Crippen LogP contribution in [0.4, 0.5) is 0 Å². The number of rotatable bonds is 8. The van der Waals surface area contributed by atoms with Crippen molar-refractivity contribution in [3.8, 4) is 0 Å². The van der Waals surface area contributed by atoms with Crippen molar-refractivity contribution in [2.45, 2.75) is 51.9 Å². The first kappa shape index (κ1) is 13.1. The summed E-state index contributed by atoms with van der Waals surface area (Å²) in [6.45, 7) is 2.14. The summed E-state index contributed by atoms with van der Waals surface area (Å²) in [4.78, 5) is 21.9. The second-order valence-electron chi connectivity index (χ2n) is 3.43. The molecule has 0 aliphatic carbocycles. The molecule has 0 radical (unpaired) electrons. The number of hydrogen-bond acceptors (Lipinski definition) is 3. The summed E-state index contributed by atoms with van der Waals surface area (Å²) in [6, 6.07) is 0. The molecule has 3 nitrogen and oxygen atoms in total. The molecule has 0 aliphatic heterocycles. The van der Waals surface area contributed by atoms with Gasteiger partial charge in [-0.05, 0) is 6.42 Å². The summed E-state index contributed by atoms with van der Waals surface area (Å²) in [6.07, 6.45) is 5.59. The second-order valence-corrected chi connectivity index (χ2v) is 3.43. The average molecular weight is 200 g/mol. The van der Waals surface area contributed by atoms with E-state index in [-0.39, 0.29) is 18.2 Å². The predicted octanol–water partition coefficient (Wildman–Crippen LogP) is 2.48. The fourth-order valence-corrected chi connectivity index (χ4v) is 1.22. The molecule has 0 fully saturated rings. The quantitative estimate of drug-likeness (QED) is 0.446. The van der Waals surface area contributed by atoms with Crippen molar-refractivity contribution in [3.05, 3.63) is 0 Å². The Morgan fingerprint density at radius 3 is 2.29 bits per heavy atom. The summed E-state index contributed by atoms with van der Waals surface area (Å²) in [7, 11) is 1.34. The number of methoxy groups -OCH3 is 1. The highest BCUT2D eigenvalue weighted by Crippen LogP contribution is 2.05. The number of esters is 1. The molecule has 0 rings (SSSR count). The highest BCUT2D eigenvalue weighted by molar-refractivity contribution is 5.82.